The third kappa shape index (κ3) is 1.80. The number of amides is 1. The zero-order valence-electron chi connectivity index (χ0n) is 8.74. The van der Waals surface area contributed by atoms with Crippen molar-refractivity contribution >= 4 is 27.5 Å². The Balaban J connectivity index is 2.17. The number of anilines is 1. The lowest BCUT2D eigenvalue weighted by atomic mass is 10.2. The molecule has 2 aromatic rings. The van der Waals surface area contributed by atoms with Gasteiger partial charge in [-0.1, -0.05) is 28.1 Å². The molecule has 0 radical (unpaired) electrons. The maximum absolute atomic E-state index is 12.0. The van der Waals surface area contributed by atoms with E-state index in [1.54, 1.807) is 12.1 Å². The molecule has 0 unspecified atom stereocenters. The average molecular weight is 290 g/mol. The van der Waals surface area contributed by atoms with E-state index in [4.69, 9.17) is 4.74 Å². The number of carbonyl (C=O) groups excluding carboxylic acids is 1. The minimum absolute atomic E-state index is 0.155. The number of halogens is 1. The molecule has 0 fully saturated rings. The Bertz CT molecular complexity index is 610. The predicted octanol–water partition coefficient (Wildman–Crippen LogP) is 3.81. The Labute approximate surface area is 107 Å². The topological polar surface area (TPSA) is 38.3 Å². The predicted molar refractivity (Wildman–Crippen MR) is 68.6 cm³/mol. The summed E-state index contributed by atoms with van der Waals surface area (Å²) >= 11 is 3.36. The fourth-order valence-electron chi connectivity index (χ4n) is 1.74. The molecular formula is C13H8BrNO2. The molecule has 0 aliphatic carbocycles. The van der Waals surface area contributed by atoms with Crippen LogP contribution in [0.4, 0.5) is 5.69 Å². The molecule has 2 aromatic carbocycles. The van der Waals surface area contributed by atoms with Gasteiger partial charge in [0.05, 0.1) is 11.3 Å². The van der Waals surface area contributed by atoms with Crippen LogP contribution in [0.15, 0.2) is 46.9 Å². The molecule has 84 valence electrons. The lowest BCUT2D eigenvalue weighted by Gasteiger charge is -2.07. The number of rotatable bonds is 0. The summed E-state index contributed by atoms with van der Waals surface area (Å²) in [5.41, 5.74) is 1.21. The minimum atomic E-state index is -0.155. The Morgan fingerprint density at radius 3 is 2.76 bits per heavy atom. The van der Waals surface area contributed by atoms with Crippen LogP contribution >= 0.6 is 15.9 Å². The maximum atomic E-state index is 12.0. The monoisotopic (exact) mass is 289 g/mol. The maximum Gasteiger partial charge on any atom is 0.259 e. The highest BCUT2D eigenvalue weighted by molar-refractivity contribution is 9.10. The molecule has 1 aliphatic rings. The van der Waals surface area contributed by atoms with Crippen molar-refractivity contribution in [2.75, 3.05) is 5.32 Å². The van der Waals surface area contributed by atoms with Crippen LogP contribution in [0.25, 0.3) is 0 Å². The second-order valence-corrected chi connectivity index (χ2v) is 4.61. The van der Waals surface area contributed by atoms with Crippen molar-refractivity contribution in [2.45, 2.75) is 0 Å². The lowest BCUT2D eigenvalue weighted by Crippen LogP contribution is -2.10. The zero-order valence-corrected chi connectivity index (χ0v) is 10.3. The van der Waals surface area contributed by atoms with E-state index in [0.29, 0.717) is 22.7 Å². The van der Waals surface area contributed by atoms with Gasteiger partial charge in [-0.05, 0) is 30.3 Å². The van der Waals surface area contributed by atoms with Crippen LogP contribution in [0.3, 0.4) is 0 Å². The molecule has 1 aliphatic heterocycles. The number of nitrogens with one attached hydrogen (secondary N) is 1. The zero-order chi connectivity index (χ0) is 11.8. The molecule has 17 heavy (non-hydrogen) atoms. The molecule has 1 heterocycles. The fourth-order valence-corrected chi connectivity index (χ4v) is 2.10. The quantitative estimate of drug-likeness (QED) is 0.801. The van der Waals surface area contributed by atoms with Crippen LogP contribution in [-0.4, -0.2) is 5.91 Å². The molecule has 0 saturated heterocycles. The van der Waals surface area contributed by atoms with Crippen molar-refractivity contribution in [3.05, 3.63) is 52.5 Å². The number of benzene rings is 2. The highest BCUT2D eigenvalue weighted by atomic mass is 79.9. The highest BCUT2D eigenvalue weighted by Crippen LogP contribution is 2.36. The fraction of sp³-hybridized carbons (Fsp3) is 0. The molecule has 0 saturated carbocycles. The number of hydrogen-bond donors (Lipinski definition) is 1. The standard InChI is InChI=1S/C13H8BrNO2/c14-8-5-6-12-10(7-8)15-13(16)9-3-1-2-4-11(9)17-12/h1-7H,(H,15,16). The highest BCUT2D eigenvalue weighted by Gasteiger charge is 2.19. The SMILES string of the molecule is O=C1Nc2cc(Br)ccc2Oc2ccccc21. The molecule has 1 N–H and O–H groups in total. The van der Waals surface area contributed by atoms with Gasteiger partial charge >= 0.3 is 0 Å². The third-order valence-corrected chi connectivity index (χ3v) is 3.03. The van der Waals surface area contributed by atoms with Gasteiger partial charge in [0.2, 0.25) is 0 Å². The molecule has 0 aromatic heterocycles. The van der Waals surface area contributed by atoms with Crippen LogP contribution in [0.1, 0.15) is 10.4 Å². The van der Waals surface area contributed by atoms with Crippen molar-refractivity contribution in [2.24, 2.45) is 0 Å². The van der Waals surface area contributed by atoms with Crippen molar-refractivity contribution in [3.8, 4) is 11.5 Å². The normalized spacial score (nSPS) is 12.9. The van der Waals surface area contributed by atoms with E-state index in [-0.39, 0.29) is 5.91 Å². The summed E-state index contributed by atoms with van der Waals surface area (Å²) in [6, 6.07) is 12.7. The van der Waals surface area contributed by atoms with E-state index in [1.807, 2.05) is 30.3 Å². The number of ether oxygens (including phenoxy) is 1. The van der Waals surface area contributed by atoms with Crippen LogP contribution in [0, 0.1) is 0 Å². The van der Waals surface area contributed by atoms with E-state index in [2.05, 4.69) is 21.2 Å². The van der Waals surface area contributed by atoms with E-state index in [1.165, 1.54) is 0 Å². The van der Waals surface area contributed by atoms with Crippen molar-refractivity contribution < 1.29 is 9.53 Å². The van der Waals surface area contributed by atoms with Crippen molar-refractivity contribution in [3.63, 3.8) is 0 Å². The summed E-state index contributed by atoms with van der Waals surface area (Å²) < 4.78 is 6.62. The average Bonchev–Trinajstić information content (AvgIpc) is 2.46. The first-order valence-corrected chi connectivity index (χ1v) is 5.91. The first kappa shape index (κ1) is 10.4. The van der Waals surface area contributed by atoms with Crippen molar-refractivity contribution in [1.82, 2.24) is 0 Å². The summed E-state index contributed by atoms with van der Waals surface area (Å²) in [6.45, 7) is 0. The van der Waals surface area contributed by atoms with E-state index in [9.17, 15) is 4.79 Å². The van der Waals surface area contributed by atoms with E-state index >= 15 is 0 Å². The number of fused-ring (bicyclic) bond motifs is 2. The largest absolute Gasteiger partial charge is 0.454 e. The first-order valence-electron chi connectivity index (χ1n) is 5.12. The summed E-state index contributed by atoms with van der Waals surface area (Å²) in [5, 5.41) is 2.83. The van der Waals surface area contributed by atoms with Crippen LogP contribution in [0.2, 0.25) is 0 Å². The van der Waals surface area contributed by atoms with Gasteiger partial charge in [0.1, 0.15) is 5.75 Å². The molecule has 0 spiro atoms. The molecule has 3 nitrogen and oxygen atoms in total. The molecular weight excluding hydrogens is 282 g/mol. The van der Waals surface area contributed by atoms with E-state index in [0.717, 1.165) is 4.47 Å². The van der Waals surface area contributed by atoms with Gasteiger partial charge in [0, 0.05) is 4.47 Å². The smallest absolute Gasteiger partial charge is 0.259 e. The Morgan fingerprint density at radius 2 is 1.88 bits per heavy atom. The lowest BCUT2D eigenvalue weighted by molar-refractivity contribution is 0.102. The Kier molecular flexibility index (Phi) is 2.37. The van der Waals surface area contributed by atoms with Gasteiger partial charge in [0.25, 0.3) is 5.91 Å². The molecule has 4 heteroatoms. The first-order chi connectivity index (χ1) is 8.24. The number of carbonyl (C=O) groups is 1. The van der Waals surface area contributed by atoms with Crippen LogP contribution in [0.5, 0.6) is 11.5 Å². The molecule has 0 atom stereocenters. The summed E-state index contributed by atoms with van der Waals surface area (Å²) in [6.07, 6.45) is 0. The molecule has 3 rings (SSSR count). The van der Waals surface area contributed by atoms with Gasteiger partial charge in [-0.25, -0.2) is 0 Å². The van der Waals surface area contributed by atoms with Crippen molar-refractivity contribution in [1.29, 1.82) is 0 Å². The summed E-state index contributed by atoms with van der Waals surface area (Å²) in [7, 11) is 0. The van der Waals surface area contributed by atoms with Gasteiger partial charge < -0.3 is 10.1 Å². The second kappa shape index (κ2) is 3.89. The third-order valence-electron chi connectivity index (χ3n) is 2.54. The molecule has 0 bridgehead atoms. The summed E-state index contributed by atoms with van der Waals surface area (Å²) in [4.78, 5) is 12.0. The van der Waals surface area contributed by atoms with E-state index < -0.39 is 0 Å². The van der Waals surface area contributed by atoms with Gasteiger partial charge in [-0.2, -0.15) is 0 Å². The Hall–Kier alpha value is -1.81. The number of hydrogen-bond acceptors (Lipinski definition) is 2. The Morgan fingerprint density at radius 1 is 1.06 bits per heavy atom. The summed E-state index contributed by atoms with van der Waals surface area (Å²) in [5.74, 6) is 1.06. The van der Waals surface area contributed by atoms with Gasteiger partial charge in [0.15, 0.2) is 5.75 Å². The second-order valence-electron chi connectivity index (χ2n) is 3.69. The minimum Gasteiger partial charge on any atom is -0.454 e. The van der Waals surface area contributed by atoms with Gasteiger partial charge in [-0.15, -0.1) is 0 Å². The number of para-hydroxylation sites is 1. The van der Waals surface area contributed by atoms with Gasteiger partial charge in [-0.3, -0.25) is 4.79 Å². The van der Waals surface area contributed by atoms with Crippen LogP contribution < -0.4 is 10.1 Å². The van der Waals surface area contributed by atoms with Crippen LogP contribution in [-0.2, 0) is 0 Å². The molecule has 1 amide bonds.